The van der Waals surface area contributed by atoms with Crippen LogP contribution in [-0.2, 0) is 5.88 Å². The van der Waals surface area contributed by atoms with Crippen molar-refractivity contribution in [2.45, 2.75) is 5.88 Å². The molecule has 0 aliphatic carbocycles. The van der Waals surface area contributed by atoms with Gasteiger partial charge in [0, 0.05) is 21.2 Å². The van der Waals surface area contributed by atoms with Gasteiger partial charge >= 0.3 is 0 Å². The zero-order valence-corrected chi connectivity index (χ0v) is 12.3. The Morgan fingerprint density at radius 2 is 2.12 bits per heavy atom. The van der Waals surface area contributed by atoms with Crippen molar-refractivity contribution in [1.29, 1.82) is 0 Å². The summed E-state index contributed by atoms with van der Waals surface area (Å²) < 4.78 is 1.57. The third kappa shape index (κ3) is 2.94. The fourth-order valence-corrected chi connectivity index (χ4v) is 2.59. The predicted molar refractivity (Wildman–Crippen MR) is 73.0 cm³/mol. The molecule has 0 aliphatic heterocycles. The molecule has 4 nitrogen and oxygen atoms in total. The van der Waals surface area contributed by atoms with Crippen LogP contribution in [0.1, 0.15) is 5.69 Å². The van der Waals surface area contributed by atoms with Gasteiger partial charge in [-0.15, -0.1) is 11.6 Å². The first-order chi connectivity index (χ1) is 8.10. The second-order valence-electron chi connectivity index (χ2n) is 3.20. The molecule has 0 spiro atoms. The fourth-order valence-electron chi connectivity index (χ4n) is 1.28. The van der Waals surface area contributed by atoms with Crippen LogP contribution in [0.15, 0.2) is 32.1 Å². The van der Waals surface area contributed by atoms with Gasteiger partial charge in [0.15, 0.2) is 5.82 Å². The van der Waals surface area contributed by atoms with Gasteiger partial charge in [-0.1, -0.05) is 0 Å². The van der Waals surface area contributed by atoms with Gasteiger partial charge in [-0.25, -0.2) is 4.98 Å². The highest BCUT2D eigenvalue weighted by Gasteiger charge is 2.09. The molecule has 88 valence electrons. The molecule has 0 saturated heterocycles. The number of nitrogens with one attached hydrogen (secondary N) is 1. The molecule has 2 heterocycles. The average Bonchev–Trinajstić information content (AvgIpc) is 2.28. The van der Waals surface area contributed by atoms with E-state index in [0.29, 0.717) is 17.2 Å². The molecule has 7 heteroatoms. The van der Waals surface area contributed by atoms with Gasteiger partial charge in [0.25, 0.3) is 5.56 Å². The van der Waals surface area contributed by atoms with Gasteiger partial charge in [0.05, 0.1) is 11.6 Å². The van der Waals surface area contributed by atoms with E-state index in [2.05, 4.69) is 46.8 Å². The molecule has 0 fully saturated rings. The van der Waals surface area contributed by atoms with Crippen molar-refractivity contribution >= 4 is 43.5 Å². The normalized spacial score (nSPS) is 10.5. The molecule has 0 atom stereocenters. The lowest BCUT2D eigenvalue weighted by molar-refractivity contribution is 1.04. The van der Waals surface area contributed by atoms with Crippen LogP contribution in [0.3, 0.4) is 0 Å². The topological polar surface area (TPSA) is 58.6 Å². The van der Waals surface area contributed by atoms with E-state index in [9.17, 15) is 4.79 Å². The van der Waals surface area contributed by atoms with E-state index in [1.54, 1.807) is 6.20 Å². The van der Waals surface area contributed by atoms with Crippen molar-refractivity contribution in [3.8, 4) is 11.5 Å². The van der Waals surface area contributed by atoms with Crippen molar-refractivity contribution in [2.24, 2.45) is 0 Å². The van der Waals surface area contributed by atoms with Crippen LogP contribution in [-0.4, -0.2) is 15.0 Å². The Morgan fingerprint density at radius 3 is 2.76 bits per heavy atom. The quantitative estimate of drug-likeness (QED) is 0.816. The van der Waals surface area contributed by atoms with E-state index in [4.69, 9.17) is 11.6 Å². The summed E-state index contributed by atoms with van der Waals surface area (Å²) in [6.07, 6.45) is 1.63. The SMILES string of the molecule is O=c1cc(CCl)nc(-c2ncc(Br)cc2Br)[nH]1. The van der Waals surface area contributed by atoms with Crippen LogP contribution in [0.4, 0.5) is 0 Å². The summed E-state index contributed by atoms with van der Waals surface area (Å²) in [5, 5.41) is 0. The third-order valence-corrected chi connectivity index (χ3v) is 3.28. The highest BCUT2D eigenvalue weighted by molar-refractivity contribution is 9.11. The Morgan fingerprint density at radius 1 is 1.35 bits per heavy atom. The van der Waals surface area contributed by atoms with Gasteiger partial charge in [-0.05, 0) is 37.9 Å². The predicted octanol–water partition coefficient (Wildman–Crippen LogP) is 3.10. The molecule has 0 saturated carbocycles. The van der Waals surface area contributed by atoms with Gasteiger partial charge in [0.2, 0.25) is 0 Å². The molecule has 0 aliphatic rings. The number of hydrogen-bond acceptors (Lipinski definition) is 3. The zero-order chi connectivity index (χ0) is 12.4. The maximum absolute atomic E-state index is 11.4. The standard InChI is InChI=1S/C10H6Br2ClN3O/c11-5-1-7(12)9(14-4-5)10-15-6(3-13)2-8(17)16-10/h1-2,4H,3H2,(H,15,16,17). The summed E-state index contributed by atoms with van der Waals surface area (Å²) in [6.45, 7) is 0. The van der Waals surface area contributed by atoms with Crippen LogP contribution < -0.4 is 5.56 Å². The molecule has 2 aromatic heterocycles. The summed E-state index contributed by atoms with van der Waals surface area (Å²) in [6, 6.07) is 3.19. The number of halogens is 3. The molecule has 0 aromatic carbocycles. The molecule has 17 heavy (non-hydrogen) atoms. The number of pyridine rings is 1. The van der Waals surface area contributed by atoms with E-state index < -0.39 is 0 Å². The monoisotopic (exact) mass is 377 g/mol. The highest BCUT2D eigenvalue weighted by atomic mass is 79.9. The summed E-state index contributed by atoms with van der Waals surface area (Å²) in [5.41, 5.74) is 0.835. The Labute approximate surface area is 119 Å². The van der Waals surface area contributed by atoms with E-state index in [1.807, 2.05) is 6.07 Å². The van der Waals surface area contributed by atoms with Crippen molar-refractivity contribution in [1.82, 2.24) is 15.0 Å². The number of nitrogens with zero attached hydrogens (tertiary/aromatic N) is 2. The van der Waals surface area contributed by atoms with Crippen molar-refractivity contribution < 1.29 is 0 Å². The number of alkyl halides is 1. The second kappa shape index (κ2) is 5.29. The fraction of sp³-hybridized carbons (Fsp3) is 0.100. The van der Waals surface area contributed by atoms with Crippen LogP contribution >= 0.6 is 43.5 Å². The zero-order valence-electron chi connectivity index (χ0n) is 8.38. The minimum atomic E-state index is -0.248. The molecular weight excluding hydrogens is 373 g/mol. The third-order valence-electron chi connectivity index (χ3n) is 1.96. The van der Waals surface area contributed by atoms with E-state index in [0.717, 1.165) is 8.95 Å². The molecule has 2 rings (SSSR count). The second-order valence-corrected chi connectivity index (χ2v) is 5.24. The Hall–Kier alpha value is -0.720. The number of hydrogen-bond donors (Lipinski definition) is 1. The lowest BCUT2D eigenvalue weighted by atomic mass is 10.3. The van der Waals surface area contributed by atoms with E-state index in [-0.39, 0.29) is 11.4 Å². The lowest BCUT2D eigenvalue weighted by Crippen LogP contribution is -2.10. The van der Waals surface area contributed by atoms with Gasteiger partial charge in [-0.2, -0.15) is 0 Å². The summed E-state index contributed by atoms with van der Waals surface area (Å²) in [7, 11) is 0. The van der Waals surface area contributed by atoms with Gasteiger partial charge < -0.3 is 4.98 Å². The molecule has 0 unspecified atom stereocenters. The minimum Gasteiger partial charge on any atom is -0.305 e. The Balaban J connectivity index is 2.60. The first-order valence-electron chi connectivity index (χ1n) is 4.58. The summed E-state index contributed by atoms with van der Waals surface area (Å²) in [4.78, 5) is 22.5. The van der Waals surface area contributed by atoms with Crippen molar-refractivity contribution in [3.05, 3.63) is 43.3 Å². The van der Waals surface area contributed by atoms with E-state index in [1.165, 1.54) is 6.07 Å². The van der Waals surface area contributed by atoms with Crippen LogP contribution in [0.2, 0.25) is 0 Å². The van der Waals surface area contributed by atoms with Gasteiger partial charge in [0.1, 0.15) is 5.69 Å². The molecule has 2 aromatic rings. The minimum absolute atomic E-state index is 0.186. The lowest BCUT2D eigenvalue weighted by Gasteiger charge is -2.04. The maximum atomic E-state index is 11.4. The van der Waals surface area contributed by atoms with E-state index >= 15 is 0 Å². The Kier molecular flexibility index (Phi) is 3.96. The number of aromatic nitrogens is 3. The number of aromatic amines is 1. The van der Waals surface area contributed by atoms with Crippen LogP contribution in [0.25, 0.3) is 11.5 Å². The molecule has 0 amide bonds. The van der Waals surface area contributed by atoms with Crippen molar-refractivity contribution in [2.75, 3.05) is 0 Å². The molecule has 1 N–H and O–H groups in total. The Bertz CT molecular complexity index is 615. The summed E-state index contributed by atoms with van der Waals surface area (Å²) >= 11 is 12.3. The van der Waals surface area contributed by atoms with Crippen molar-refractivity contribution in [3.63, 3.8) is 0 Å². The first-order valence-corrected chi connectivity index (χ1v) is 6.70. The smallest absolute Gasteiger partial charge is 0.251 e. The van der Waals surface area contributed by atoms with Crippen LogP contribution in [0.5, 0.6) is 0 Å². The first kappa shape index (κ1) is 12.7. The molecular formula is C10H6Br2ClN3O. The highest BCUT2D eigenvalue weighted by Crippen LogP contribution is 2.25. The summed E-state index contributed by atoms with van der Waals surface area (Å²) in [5.74, 6) is 0.581. The number of rotatable bonds is 2. The maximum Gasteiger partial charge on any atom is 0.251 e. The number of H-pyrrole nitrogens is 1. The van der Waals surface area contributed by atoms with Gasteiger partial charge in [-0.3, -0.25) is 9.78 Å². The van der Waals surface area contributed by atoms with Crippen LogP contribution in [0, 0.1) is 0 Å². The molecule has 0 radical (unpaired) electrons. The average molecular weight is 379 g/mol. The largest absolute Gasteiger partial charge is 0.305 e. The molecule has 0 bridgehead atoms.